The summed E-state index contributed by atoms with van der Waals surface area (Å²) in [5.41, 5.74) is 5.36. The van der Waals surface area contributed by atoms with Crippen molar-refractivity contribution in [3.8, 4) is 11.5 Å². The van der Waals surface area contributed by atoms with Crippen molar-refractivity contribution in [2.45, 2.75) is 25.9 Å². The van der Waals surface area contributed by atoms with Crippen molar-refractivity contribution in [2.24, 2.45) is 11.7 Å². The second kappa shape index (κ2) is 8.40. The highest BCUT2D eigenvalue weighted by molar-refractivity contribution is 5.78. The van der Waals surface area contributed by atoms with E-state index < -0.39 is 0 Å². The summed E-state index contributed by atoms with van der Waals surface area (Å²) in [7, 11) is 0. The quantitative estimate of drug-likeness (QED) is 0.813. The Hall–Kier alpha value is -2.28. The molecule has 0 aromatic heterocycles. The molecule has 0 radical (unpaired) electrons. The van der Waals surface area contributed by atoms with E-state index in [1.54, 1.807) is 0 Å². The Morgan fingerprint density at radius 2 is 1.92 bits per heavy atom. The Labute approximate surface area is 154 Å². The molecule has 0 unspecified atom stereocenters. The van der Waals surface area contributed by atoms with Crippen LogP contribution in [0.15, 0.2) is 24.3 Å². The van der Waals surface area contributed by atoms with E-state index in [2.05, 4.69) is 4.90 Å². The van der Waals surface area contributed by atoms with Crippen LogP contribution in [0.1, 0.15) is 19.8 Å². The highest BCUT2D eigenvalue weighted by Crippen LogP contribution is 2.31. The number of hydrogen-bond acceptors (Lipinski definition) is 5. The first kappa shape index (κ1) is 18.5. The maximum atomic E-state index is 12.7. The van der Waals surface area contributed by atoms with Gasteiger partial charge >= 0.3 is 0 Å². The van der Waals surface area contributed by atoms with Gasteiger partial charge in [-0.2, -0.15) is 0 Å². The molecule has 1 aromatic rings. The lowest BCUT2D eigenvalue weighted by Crippen LogP contribution is -2.48. The molecule has 3 rings (SSSR count). The van der Waals surface area contributed by atoms with E-state index in [9.17, 15) is 9.59 Å². The first-order chi connectivity index (χ1) is 12.6. The molecular formula is C19H27N3O4. The van der Waals surface area contributed by atoms with E-state index in [0.717, 1.165) is 37.4 Å². The molecule has 0 aliphatic carbocycles. The number of amides is 2. The van der Waals surface area contributed by atoms with Gasteiger partial charge in [0.05, 0.1) is 13.1 Å². The van der Waals surface area contributed by atoms with Crippen LogP contribution in [0.25, 0.3) is 0 Å². The van der Waals surface area contributed by atoms with Crippen molar-refractivity contribution in [1.29, 1.82) is 0 Å². The van der Waals surface area contributed by atoms with Gasteiger partial charge in [-0.15, -0.1) is 0 Å². The van der Waals surface area contributed by atoms with Crippen LogP contribution < -0.4 is 15.2 Å². The van der Waals surface area contributed by atoms with E-state index in [-0.39, 0.29) is 23.8 Å². The van der Waals surface area contributed by atoms with Crippen molar-refractivity contribution < 1.29 is 19.1 Å². The lowest BCUT2D eigenvalue weighted by Gasteiger charge is -2.34. The molecule has 142 valence electrons. The molecule has 26 heavy (non-hydrogen) atoms. The van der Waals surface area contributed by atoms with Gasteiger partial charge < -0.3 is 20.1 Å². The predicted octanol–water partition coefficient (Wildman–Crippen LogP) is 0.872. The Kier molecular flexibility index (Phi) is 5.98. The molecule has 2 heterocycles. The highest BCUT2D eigenvalue weighted by atomic mass is 16.6. The average molecular weight is 361 g/mol. The smallest absolute Gasteiger partial charge is 0.236 e. The maximum Gasteiger partial charge on any atom is 0.236 e. The van der Waals surface area contributed by atoms with E-state index >= 15 is 0 Å². The molecule has 1 fully saturated rings. The van der Waals surface area contributed by atoms with Crippen molar-refractivity contribution in [3.63, 3.8) is 0 Å². The normalized spacial score (nSPS) is 20.6. The molecule has 1 saturated heterocycles. The zero-order valence-corrected chi connectivity index (χ0v) is 15.2. The predicted molar refractivity (Wildman–Crippen MR) is 97.0 cm³/mol. The van der Waals surface area contributed by atoms with E-state index in [1.807, 2.05) is 36.1 Å². The Morgan fingerprint density at radius 1 is 1.23 bits per heavy atom. The Bertz CT molecular complexity index is 643. The molecular weight excluding hydrogens is 334 g/mol. The van der Waals surface area contributed by atoms with Gasteiger partial charge in [-0.1, -0.05) is 12.1 Å². The van der Waals surface area contributed by atoms with Gasteiger partial charge in [0.25, 0.3) is 0 Å². The number of carbonyl (C=O) groups is 2. The number of nitrogens with two attached hydrogens (primary N) is 1. The molecule has 7 heteroatoms. The molecule has 0 bridgehead atoms. The molecule has 2 aliphatic heterocycles. The van der Waals surface area contributed by atoms with Gasteiger partial charge in [-0.3, -0.25) is 14.5 Å². The zero-order chi connectivity index (χ0) is 18.5. The summed E-state index contributed by atoms with van der Waals surface area (Å²) in [5, 5.41) is 0. The standard InChI is InChI=1S/C19H27N3O4/c1-2-22(11-15-13-25-16-5-3-4-6-17(16)26-15)18(23)12-21-9-7-14(8-10-21)19(20)24/h3-6,14-15H,2,7-13H2,1H3,(H2,20,24)/t15-/m1/s1. The third-order valence-corrected chi connectivity index (χ3v) is 5.07. The fraction of sp³-hybridized carbons (Fsp3) is 0.579. The summed E-state index contributed by atoms with van der Waals surface area (Å²) in [6.07, 6.45) is 1.28. The Morgan fingerprint density at radius 3 is 2.58 bits per heavy atom. The minimum Gasteiger partial charge on any atom is -0.486 e. The molecule has 2 amide bonds. The lowest BCUT2D eigenvalue weighted by molar-refractivity contribution is -0.134. The van der Waals surface area contributed by atoms with Gasteiger partial charge in [0.1, 0.15) is 6.61 Å². The van der Waals surface area contributed by atoms with Crippen LogP contribution in [0.3, 0.4) is 0 Å². The molecule has 1 aromatic carbocycles. The largest absolute Gasteiger partial charge is 0.486 e. The van der Waals surface area contributed by atoms with Crippen molar-refractivity contribution in [2.75, 3.05) is 39.3 Å². The minimum absolute atomic E-state index is 0.0588. The van der Waals surface area contributed by atoms with Gasteiger partial charge in [-0.05, 0) is 45.0 Å². The lowest BCUT2D eigenvalue weighted by atomic mass is 9.96. The van der Waals surface area contributed by atoms with E-state index in [1.165, 1.54) is 0 Å². The number of piperidine rings is 1. The van der Waals surface area contributed by atoms with Crippen LogP contribution in [0.4, 0.5) is 0 Å². The number of hydrogen-bond donors (Lipinski definition) is 1. The number of likely N-dealkylation sites (tertiary alicyclic amines) is 1. The first-order valence-corrected chi connectivity index (χ1v) is 9.24. The van der Waals surface area contributed by atoms with E-state index in [0.29, 0.717) is 26.2 Å². The second-order valence-corrected chi connectivity index (χ2v) is 6.88. The maximum absolute atomic E-state index is 12.7. The van der Waals surface area contributed by atoms with Crippen LogP contribution >= 0.6 is 0 Å². The number of benzene rings is 1. The number of fused-ring (bicyclic) bond motifs is 1. The summed E-state index contributed by atoms with van der Waals surface area (Å²) in [5.74, 6) is 1.25. The van der Waals surface area contributed by atoms with Crippen molar-refractivity contribution in [3.05, 3.63) is 24.3 Å². The molecule has 2 aliphatic rings. The number of para-hydroxylation sites is 2. The fourth-order valence-corrected chi connectivity index (χ4v) is 3.47. The van der Waals surface area contributed by atoms with Crippen molar-refractivity contribution in [1.82, 2.24) is 9.80 Å². The van der Waals surface area contributed by atoms with Crippen LogP contribution in [-0.2, 0) is 9.59 Å². The fourth-order valence-electron chi connectivity index (χ4n) is 3.47. The number of likely N-dealkylation sites (N-methyl/N-ethyl adjacent to an activating group) is 1. The molecule has 0 spiro atoms. The number of primary amides is 1. The first-order valence-electron chi connectivity index (χ1n) is 9.24. The summed E-state index contributed by atoms with van der Waals surface area (Å²) >= 11 is 0. The molecule has 7 nitrogen and oxygen atoms in total. The third-order valence-electron chi connectivity index (χ3n) is 5.07. The summed E-state index contributed by atoms with van der Waals surface area (Å²) in [6.45, 7) is 5.35. The van der Waals surface area contributed by atoms with Gasteiger partial charge in [-0.25, -0.2) is 0 Å². The van der Waals surface area contributed by atoms with Crippen molar-refractivity contribution >= 4 is 11.8 Å². The summed E-state index contributed by atoms with van der Waals surface area (Å²) in [4.78, 5) is 27.8. The number of nitrogens with zero attached hydrogens (tertiary/aromatic N) is 2. The van der Waals surface area contributed by atoms with Crippen LogP contribution in [0.2, 0.25) is 0 Å². The Balaban J connectivity index is 1.49. The van der Waals surface area contributed by atoms with Gasteiger partial charge in [0.2, 0.25) is 11.8 Å². The minimum atomic E-state index is -0.235. The highest BCUT2D eigenvalue weighted by Gasteiger charge is 2.28. The van der Waals surface area contributed by atoms with Crippen LogP contribution in [-0.4, -0.2) is 67.0 Å². The topological polar surface area (TPSA) is 85.1 Å². The van der Waals surface area contributed by atoms with Gasteiger partial charge in [0, 0.05) is 12.5 Å². The average Bonchev–Trinajstić information content (AvgIpc) is 2.66. The number of carbonyl (C=O) groups excluding carboxylic acids is 2. The molecule has 0 saturated carbocycles. The molecule has 2 N–H and O–H groups in total. The monoisotopic (exact) mass is 361 g/mol. The number of ether oxygens (including phenoxy) is 2. The summed E-state index contributed by atoms with van der Waals surface area (Å²) in [6, 6.07) is 7.57. The second-order valence-electron chi connectivity index (χ2n) is 6.88. The summed E-state index contributed by atoms with van der Waals surface area (Å²) < 4.78 is 11.7. The van der Waals surface area contributed by atoms with Crippen LogP contribution in [0, 0.1) is 5.92 Å². The zero-order valence-electron chi connectivity index (χ0n) is 15.2. The SMILES string of the molecule is CCN(C[C@@H]1COc2ccccc2O1)C(=O)CN1CCC(C(N)=O)CC1. The number of rotatable bonds is 6. The van der Waals surface area contributed by atoms with Crippen LogP contribution in [0.5, 0.6) is 11.5 Å². The third kappa shape index (κ3) is 4.46. The van der Waals surface area contributed by atoms with Gasteiger partial charge in [0.15, 0.2) is 17.6 Å². The molecule has 1 atom stereocenters. The van der Waals surface area contributed by atoms with E-state index in [4.69, 9.17) is 15.2 Å².